The lowest BCUT2D eigenvalue weighted by Gasteiger charge is -2.17. The van der Waals surface area contributed by atoms with Gasteiger partial charge >= 0.3 is 0 Å². The fraction of sp³-hybridized carbons (Fsp3) is 0.333. The molecule has 4 nitrogen and oxygen atoms in total. The maximum atomic E-state index is 11.2. The fourth-order valence-electron chi connectivity index (χ4n) is 1.95. The number of halogens is 1. The van der Waals surface area contributed by atoms with Gasteiger partial charge in [-0.15, -0.1) is 12.4 Å². The number of aromatic nitrogens is 1. The van der Waals surface area contributed by atoms with E-state index in [4.69, 9.17) is 5.73 Å². The van der Waals surface area contributed by atoms with E-state index in [1.54, 1.807) is 19.2 Å². The largest absolute Gasteiger partial charge is 0.366 e. The van der Waals surface area contributed by atoms with Gasteiger partial charge in [-0.25, -0.2) is 0 Å². The SMILES string of the molecule is CC=C(C(N)=O)c1cnc2c(c1)CNCC2.Cl. The van der Waals surface area contributed by atoms with Gasteiger partial charge in [0.2, 0.25) is 5.91 Å². The number of carbonyl (C=O) groups excluding carboxylic acids is 1. The van der Waals surface area contributed by atoms with Crippen molar-refractivity contribution >= 4 is 23.9 Å². The van der Waals surface area contributed by atoms with Crippen LogP contribution in [0, 0.1) is 0 Å². The minimum atomic E-state index is -0.409. The van der Waals surface area contributed by atoms with Crippen LogP contribution in [0.1, 0.15) is 23.7 Å². The number of allylic oxidation sites excluding steroid dienone is 1. The Morgan fingerprint density at radius 3 is 3.00 bits per heavy atom. The number of hydrogen-bond donors (Lipinski definition) is 2. The van der Waals surface area contributed by atoms with Crippen molar-refractivity contribution in [3.8, 4) is 0 Å². The molecule has 0 saturated carbocycles. The van der Waals surface area contributed by atoms with Crippen molar-refractivity contribution < 1.29 is 4.79 Å². The molecule has 1 aliphatic rings. The quantitative estimate of drug-likeness (QED) is 0.774. The van der Waals surface area contributed by atoms with Gasteiger partial charge in [0, 0.05) is 42.5 Å². The number of rotatable bonds is 2. The van der Waals surface area contributed by atoms with Crippen LogP contribution in [0.5, 0.6) is 0 Å². The van der Waals surface area contributed by atoms with E-state index in [-0.39, 0.29) is 12.4 Å². The van der Waals surface area contributed by atoms with Crippen LogP contribution in [0.2, 0.25) is 0 Å². The maximum absolute atomic E-state index is 11.2. The zero-order valence-electron chi connectivity index (χ0n) is 9.69. The van der Waals surface area contributed by atoms with Crippen LogP contribution in [0.4, 0.5) is 0 Å². The van der Waals surface area contributed by atoms with Crippen LogP contribution < -0.4 is 11.1 Å². The zero-order valence-corrected chi connectivity index (χ0v) is 10.5. The van der Waals surface area contributed by atoms with E-state index in [1.165, 1.54) is 0 Å². The Labute approximate surface area is 107 Å². The standard InChI is InChI=1S/C12H15N3O.ClH/c1-2-10(12(13)16)8-5-9-6-14-4-3-11(9)15-7-8;/h2,5,7,14H,3-4,6H2,1H3,(H2,13,16);1H. The van der Waals surface area contributed by atoms with Gasteiger partial charge in [0.05, 0.1) is 0 Å². The summed E-state index contributed by atoms with van der Waals surface area (Å²) >= 11 is 0. The average Bonchev–Trinajstić information content (AvgIpc) is 2.29. The highest BCUT2D eigenvalue weighted by molar-refractivity contribution is 6.18. The van der Waals surface area contributed by atoms with E-state index in [0.717, 1.165) is 36.3 Å². The molecule has 92 valence electrons. The summed E-state index contributed by atoms with van der Waals surface area (Å²) < 4.78 is 0. The lowest BCUT2D eigenvalue weighted by molar-refractivity contribution is -0.112. The molecular formula is C12H16ClN3O. The summed E-state index contributed by atoms with van der Waals surface area (Å²) in [6.45, 7) is 3.58. The van der Waals surface area contributed by atoms with Crippen molar-refractivity contribution in [3.05, 3.63) is 35.2 Å². The van der Waals surface area contributed by atoms with Gasteiger partial charge in [-0.1, -0.05) is 6.08 Å². The summed E-state index contributed by atoms with van der Waals surface area (Å²) in [5.74, 6) is -0.409. The van der Waals surface area contributed by atoms with Crippen LogP contribution in [0.3, 0.4) is 0 Å². The third-order valence-electron chi connectivity index (χ3n) is 2.78. The Kier molecular flexibility index (Phi) is 4.66. The smallest absolute Gasteiger partial charge is 0.249 e. The van der Waals surface area contributed by atoms with E-state index in [1.807, 2.05) is 6.07 Å². The van der Waals surface area contributed by atoms with Gasteiger partial charge in [0.1, 0.15) is 0 Å². The minimum Gasteiger partial charge on any atom is -0.366 e. The minimum absolute atomic E-state index is 0. The Bertz CT molecular complexity index is 457. The Morgan fingerprint density at radius 2 is 2.35 bits per heavy atom. The summed E-state index contributed by atoms with van der Waals surface area (Å²) in [5.41, 5.74) is 8.91. The van der Waals surface area contributed by atoms with Crippen molar-refractivity contribution in [2.24, 2.45) is 5.73 Å². The maximum Gasteiger partial charge on any atom is 0.249 e. The third-order valence-corrected chi connectivity index (χ3v) is 2.78. The second-order valence-corrected chi connectivity index (χ2v) is 3.82. The normalized spacial score (nSPS) is 14.8. The van der Waals surface area contributed by atoms with Gasteiger partial charge in [-0.2, -0.15) is 0 Å². The molecule has 0 atom stereocenters. The molecular weight excluding hydrogens is 238 g/mol. The van der Waals surface area contributed by atoms with Crippen molar-refractivity contribution in [1.82, 2.24) is 10.3 Å². The predicted octanol–water partition coefficient (Wildman–Crippen LogP) is 1.04. The number of primary amides is 1. The Morgan fingerprint density at radius 1 is 1.59 bits per heavy atom. The molecule has 1 aromatic heterocycles. The second-order valence-electron chi connectivity index (χ2n) is 3.82. The molecule has 0 saturated heterocycles. The van der Waals surface area contributed by atoms with Gasteiger partial charge in [-0.05, 0) is 18.6 Å². The van der Waals surface area contributed by atoms with Gasteiger partial charge in [-0.3, -0.25) is 9.78 Å². The predicted molar refractivity (Wildman–Crippen MR) is 69.7 cm³/mol. The molecule has 2 heterocycles. The van der Waals surface area contributed by atoms with Gasteiger partial charge < -0.3 is 11.1 Å². The van der Waals surface area contributed by atoms with Crippen LogP contribution in [-0.4, -0.2) is 17.4 Å². The number of amides is 1. The first-order valence-electron chi connectivity index (χ1n) is 5.37. The number of hydrogen-bond acceptors (Lipinski definition) is 3. The van der Waals surface area contributed by atoms with E-state index in [0.29, 0.717) is 5.57 Å². The lowest BCUT2D eigenvalue weighted by Crippen LogP contribution is -2.25. The highest BCUT2D eigenvalue weighted by Gasteiger charge is 2.13. The van der Waals surface area contributed by atoms with E-state index < -0.39 is 5.91 Å². The van der Waals surface area contributed by atoms with Crippen molar-refractivity contribution in [2.45, 2.75) is 19.9 Å². The fourth-order valence-corrected chi connectivity index (χ4v) is 1.95. The first-order chi connectivity index (χ1) is 7.72. The summed E-state index contributed by atoms with van der Waals surface area (Å²) in [6.07, 6.45) is 4.39. The average molecular weight is 254 g/mol. The van der Waals surface area contributed by atoms with Gasteiger partial charge in [0.25, 0.3) is 0 Å². The van der Waals surface area contributed by atoms with Crippen molar-refractivity contribution in [2.75, 3.05) is 6.54 Å². The lowest BCUT2D eigenvalue weighted by atomic mass is 10.0. The summed E-state index contributed by atoms with van der Waals surface area (Å²) in [6, 6.07) is 1.99. The molecule has 2 rings (SSSR count). The molecule has 5 heteroatoms. The molecule has 0 spiro atoms. The molecule has 3 N–H and O–H groups in total. The number of nitrogens with one attached hydrogen (secondary N) is 1. The van der Waals surface area contributed by atoms with Crippen molar-refractivity contribution in [3.63, 3.8) is 0 Å². The molecule has 1 aromatic rings. The summed E-state index contributed by atoms with van der Waals surface area (Å²) in [5, 5.41) is 3.28. The Balaban J connectivity index is 0.00000144. The molecule has 0 bridgehead atoms. The zero-order chi connectivity index (χ0) is 11.5. The highest BCUT2D eigenvalue weighted by atomic mass is 35.5. The number of fused-ring (bicyclic) bond motifs is 1. The summed E-state index contributed by atoms with van der Waals surface area (Å²) in [4.78, 5) is 15.6. The van der Waals surface area contributed by atoms with Gasteiger partial charge in [0.15, 0.2) is 0 Å². The topological polar surface area (TPSA) is 68.0 Å². The molecule has 0 radical (unpaired) electrons. The van der Waals surface area contributed by atoms with Crippen LogP contribution in [0.15, 0.2) is 18.3 Å². The van der Waals surface area contributed by atoms with E-state index >= 15 is 0 Å². The van der Waals surface area contributed by atoms with E-state index in [2.05, 4.69) is 10.3 Å². The number of nitrogens with two attached hydrogens (primary N) is 1. The molecule has 1 aliphatic heterocycles. The molecule has 0 aromatic carbocycles. The number of nitrogens with zero attached hydrogens (tertiary/aromatic N) is 1. The number of pyridine rings is 1. The van der Waals surface area contributed by atoms with Crippen LogP contribution in [0.25, 0.3) is 5.57 Å². The first kappa shape index (κ1) is 13.7. The Hall–Kier alpha value is -1.39. The molecule has 0 fully saturated rings. The van der Waals surface area contributed by atoms with E-state index in [9.17, 15) is 4.79 Å². The molecule has 0 aliphatic carbocycles. The molecule has 17 heavy (non-hydrogen) atoms. The molecule has 0 unspecified atom stereocenters. The van der Waals surface area contributed by atoms with Crippen molar-refractivity contribution in [1.29, 1.82) is 0 Å². The monoisotopic (exact) mass is 253 g/mol. The number of carbonyl (C=O) groups is 1. The van der Waals surface area contributed by atoms with Crippen LogP contribution in [-0.2, 0) is 17.8 Å². The highest BCUT2D eigenvalue weighted by Crippen LogP contribution is 2.18. The second kappa shape index (κ2) is 5.80. The van der Waals surface area contributed by atoms with Crippen LogP contribution >= 0.6 is 12.4 Å². The molecule has 1 amide bonds. The summed E-state index contributed by atoms with van der Waals surface area (Å²) in [7, 11) is 0. The first-order valence-corrected chi connectivity index (χ1v) is 5.37. The third kappa shape index (κ3) is 2.84.